The first-order valence-electron chi connectivity index (χ1n) is 6.76. The number of hydrogen-bond acceptors (Lipinski definition) is 2. The van der Waals surface area contributed by atoms with Gasteiger partial charge in [0.25, 0.3) is 0 Å². The lowest BCUT2D eigenvalue weighted by Gasteiger charge is -2.23. The summed E-state index contributed by atoms with van der Waals surface area (Å²) in [4.78, 5) is 0. The van der Waals surface area contributed by atoms with Gasteiger partial charge in [-0.25, -0.2) is 17.1 Å². The Balaban J connectivity index is 2.19. The zero-order chi connectivity index (χ0) is 13.9. The van der Waals surface area contributed by atoms with Crippen molar-refractivity contribution < 1.29 is 12.8 Å². The van der Waals surface area contributed by atoms with Gasteiger partial charge in [0, 0.05) is 13.1 Å². The van der Waals surface area contributed by atoms with Crippen LogP contribution in [-0.2, 0) is 10.0 Å². The fraction of sp³-hybridized carbons (Fsp3) is 0.571. The van der Waals surface area contributed by atoms with Crippen molar-refractivity contribution in [3.63, 3.8) is 0 Å². The minimum Gasteiger partial charge on any atom is -0.212 e. The highest BCUT2D eigenvalue weighted by Crippen LogP contribution is 2.27. The van der Waals surface area contributed by atoms with E-state index in [0.29, 0.717) is 13.1 Å². The second kappa shape index (κ2) is 6.01. The van der Waals surface area contributed by atoms with E-state index in [1.54, 1.807) is 23.4 Å². The Bertz CT molecular complexity index is 513. The first kappa shape index (κ1) is 14.5. The van der Waals surface area contributed by atoms with E-state index in [4.69, 9.17) is 0 Å². The van der Waals surface area contributed by atoms with Crippen molar-refractivity contribution in [1.82, 2.24) is 4.31 Å². The molecule has 0 radical (unpaired) electrons. The largest absolute Gasteiger partial charge is 0.213 e. The van der Waals surface area contributed by atoms with Crippen LogP contribution in [-0.4, -0.2) is 31.6 Å². The van der Waals surface area contributed by atoms with Crippen molar-refractivity contribution in [3.8, 4) is 0 Å². The molecule has 0 N–H and O–H groups in total. The third kappa shape index (κ3) is 3.54. The van der Waals surface area contributed by atoms with Crippen LogP contribution in [0.1, 0.15) is 37.7 Å². The van der Waals surface area contributed by atoms with E-state index in [9.17, 15) is 12.8 Å². The lowest BCUT2D eigenvalue weighted by Crippen LogP contribution is -2.35. The maximum atomic E-state index is 12.9. The minimum atomic E-state index is -3.13. The lowest BCUT2D eigenvalue weighted by atomic mass is 9.95. The molecule has 5 heteroatoms. The molecular formula is C14H20FNO2S. The molecule has 2 rings (SSSR count). The maximum absolute atomic E-state index is 12.9. The summed E-state index contributed by atoms with van der Waals surface area (Å²) in [6, 6.07) is 6.42. The van der Waals surface area contributed by atoms with E-state index in [0.717, 1.165) is 24.8 Å². The van der Waals surface area contributed by atoms with E-state index < -0.39 is 10.0 Å². The Morgan fingerprint density at radius 2 is 1.95 bits per heavy atom. The van der Waals surface area contributed by atoms with E-state index in [1.807, 2.05) is 0 Å². The third-order valence-electron chi connectivity index (χ3n) is 3.73. The normalized spacial score (nSPS) is 22.1. The fourth-order valence-electron chi connectivity index (χ4n) is 2.55. The SMILES string of the molecule is CCS(=O)(=O)N1CCCCC(c2ccc(F)cc2)C1. The molecule has 106 valence electrons. The molecule has 19 heavy (non-hydrogen) atoms. The van der Waals surface area contributed by atoms with E-state index in [1.165, 1.54) is 12.1 Å². The van der Waals surface area contributed by atoms with Crippen molar-refractivity contribution in [1.29, 1.82) is 0 Å². The quantitative estimate of drug-likeness (QED) is 0.856. The summed E-state index contributed by atoms with van der Waals surface area (Å²) in [5.74, 6) is 0.0585. The standard InChI is InChI=1S/C14H20FNO2S/c1-2-19(17,18)16-10-4-3-5-13(11-16)12-6-8-14(15)9-7-12/h6-9,13H,2-5,10-11H2,1H3. The molecule has 0 bridgehead atoms. The van der Waals surface area contributed by atoms with Crippen LogP contribution in [0.15, 0.2) is 24.3 Å². The molecule has 1 heterocycles. The van der Waals surface area contributed by atoms with Gasteiger partial charge < -0.3 is 0 Å². The van der Waals surface area contributed by atoms with E-state index >= 15 is 0 Å². The predicted octanol–water partition coefficient (Wildman–Crippen LogP) is 2.74. The summed E-state index contributed by atoms with van der Waals surface area (Å²) in [5, 5.41) is 0. The molecule has 1 aromatic carbocycles. The summed E-state index contributed by atoms with van der Waals surface area (Å²) >= 11 is 0. The molecule has 1 aliphatic heterocycles. The van der Waals surface area contributed by atoms with Gasteiger partial charge in [-0.1, -0.05) is 18.6 Å². The van der Waals surface area contributed by atoms with Gasteiger partial charge in [0.2, 0.25) is 10.0 Å². The number of nitrogens with zero attached hydrogens (tertiary/aromatic N) is 1. The Morgan fingerprint density at radius 3 is 2.58 bits per heavy atom. The molecule has 0 amide bonds. The van der Waals surface area contributed by atoms with E-state index in [2.05, 4.69) is 0 Å². The van der Waals surface area contributed by atoms with Gasteiger partial charge in [-0.3, -0.25) is 0 Å². The maximum Gasteiger partial charge on any atom is 0.213 e. The van der Waals surface area contributed by atoms with Crippen LogP contribution in [0.25, 0.3) is 0 Å². The Kier molecular flexibility index (Phi) is 4.58. The zero-order valence-corrected chi connectivity index (χ0v) is 12.0. The van der Waals surface area contributed by atoms with Gasteiger partial charge in [-0.2, -0.15) is 0 Å². The highest BCUT2D eigenvalue weighted by molar-refractivity contribution is 7.89. The summed E-state index contributed by atoms with van der Waals surface area (Å²) in [6.45, 7) is 2.79. The van der Waals surface area contributed by atoms with Crippen molar-refractivity contribution in [3.05, 3.63) is 35.6 Å². The fourth-order valence-corrected chi connectivity index (χ4v) is 3.73. The molecule has 0 aliphatic carbocycles. The molecule has 1 atom stereocenters. The van der Waals surface area contributed by atoms with Gasteiger partial charge >= 0.3 is 0 Å². The van der Waals surface area contributed by atoms with Gasteiger partial charge in [0.05, 0.1) is 5.75 Å². The number of sulfonamides is 1. The van der Waals surface area contributed by atoms with Crippen LogP contribution in [0.2, 0.25) is 0 Å². The number of hydrogen-bond donors (Lipinski definition) is 0. The smallest absolute Gasteiger partial charge is 0.212 e. The molecular weight excluding hydrogens is 265 g/mol. The monoisotopic (exact) mass is 285 g/mol. The third-order valence-corrected chi connectivity index (χ3v) is 5.58. The van der Waals surface area contributed by atoms with Gasteiger partial charge in [-0.05, 0) is 43.4 Å². The summed E-state index contributed by atoms with van der Waals surface area (Å²) < 4.78 is 38.5. The first-order valence-corrected chi connectivity index (χ1v) is 8.37. The molecule has 1 fully saturated rings. The van der Waals surface area contributed by atoms with E-state index in [-0.39, 0.29) is 17.5 Å². The highest BCUT2D eigenvalue weighted by Gasteiger charge is 2.26. The summed E-state index contributed by atoms with van der Waals surface area (Å²) in [7, 11) is -3.13. The van der Waals surface area contributed by atoms with Gasteiger partial charge in [0.1, 0.15) is 5.82 Å². The number of benzene rings is 1. The molecule has 1 aliphatic rings. The highest BCUT2D eigenvalue weighted by atomic mass is 32.2. The van der Waals surface area contributed by atoms with Crippen molar-refractivity contribution >= 4 is 10.0 Å². The number of halogens is 1. The Morgan fingerprint density at radius 1 is 1.26 bits per heavy atom. The average Bonchev–Trinajstić information content (AvgIpc) is 2.66. The summed E-state index contributed by atoms with van der Waals surface area (Å²) in [5.41, 5.74) is 1.03. The predicted molar refractivity (Wildman–Crippen MR) is 74.0 cm³/mol. The zero-order valence-electron chi connectivity index (χ0n) is 11.2. The molecule has 1 saturated heterocycles. The van der Waals surface area contributed by atoms with Crippen molar-refractivity contribution in [2.75, 3.05) is 18.8 Å². The van der Waals surface area contributed by atoms with Crippen LogP contribution in [0, 0.1) is 5.82 Å². The van der Waals surface area contributed by atoms with Crippen LogP contribution in [0.3, 0.4) is 0 Å². The molecule has 1 unspecified atom stereocenters. The minimum absolute atomic E-state index is 0.142. The summed E-state index contributed by atoms with van der Waals surface area (Å²) in [6.07, 6.45) is 2.87. The molecule has 0 saturated carbocycles. The Hall–Kier alpha value is -0.940. The van der Waals surface area contributed by atoms with Crippen molar-refractivity contribution in [2.45, 2.75) is 32.1 Å². The second-order valence-electron chi connectivity index (χ2n) is 5.00. The topological polar surface area (TPSA) is 37.4 Å². The molecule has 3 nitrogen and oxygen atoms in total. The van der Waals surface area contributed by atoms with Crippen molar-refractivity contribution in [2.24, 2.45) is 0 Å². The van der Waals surface area contributed by atoms with Gasteiger partial charge in [0.15, 0.2) is 0 Å². The van der Waals surface area contributed by atoms with Crippen LogP contribution in [0.4, 0.5) is 4.39 Å². The molecule has 0 aromatic heterocycles. The van der Waals surface area contributed by atoms with Gasteiger partial charge in [-0.15, -0.1) is 0 Å². The van der Waals surface area contributed by atoms with Crippen LogP contribution in [0.5, 0.6) is 0 Å². The number of rotatable bonds is 3. The average molecular weight is 285 g/mol. The lowest BCUT2D eigenvalue weighted by molar-refractivity contribution is 0.407. The van der Waals surface area contributed by atoms with Crippen LogP contribution < -0.4 is 0 Å². The van der Waals surface area contributed by atoms with Crippen LogP contribution >= 0.6 is 0 Å². The molecule has 1 aromatic rings. The Labute approximate surface area is 114 Å². The first-order chi connectivity index (χ1) is 9.03. The molecule has 0 spiro atoms. The second-order valence-corrected chi connectivity index (χ2v) is 7.26.